The molecule has 1 heterocycles. The van der Waals surface area contributed by atoms with Crippen molar-refractivity contribution in [2.24, 2.45) is 0 Å². The Labute approximate surface area is 130 Å². The van der Waals surface area contributed by atoms with Gasteiger partial charge in [0.25, 0.3) is 0 Å². The predicted molar refractivity (Wildman–Crippen MR) is 90.5 cm³/mol. The Morgan fingerprint density at radius 1 is 0.550 bits per heavy atom. The highest BCUT2D eigenvalue weighted by Crippen LogP contribution is 2.37. The van der Waals surface area contributed by atoms with Crippen LogP contribution in [0, 0.1) is 0 Å². The third-order valence-corrected chi connectivity index (χ3v) is 7.23. The highest BCUT2D eigenvalue weighted by Gasteiger charge is 2.29. The van der Waals surface area contributed by atoms with E-state index in [-0.39, 0.29) is 0 Å². The molecule has 0 spiro atoms. The number of thioether (sulfide) groups is 1. The molecule has 0 amide bonds. The summed E-state index contributed by atoms with van der Waals surface area (Å²) in [5.41, 5.74) is 0. The summed E-state index contributed by atoms with van der Waals surface area (Å²) in [4.78, 5) is 0. The third kappa shape index (κ3) is 4.66. The van der Waals surface area contributed by atoms with Crippen LogP contribution in [0.1, 0.15) is 89.9 Å². The van der Waals surface area contributed by atoms with E-state index in [2.05, 4.69) is 17.1 Å². The van der Waals surface area contributed by atoms with Gasteiger partial charge in [0.05, 0.1) is 0 Å². The monoisotopic (exact) mass is 295 g/mol. The minimum Gasteiger partial charge on any atom is -0.311 e. The molecule has 4 bridgehead atoms. The van der Waals surface area contributed by atoms with Crippen molar-refractivity contribution in [3.05, 3.63) is 0 Å². The minimum absolute atomic E-state index is 0.830. The van der Waals surface area contributed by atoms with Crippen LogP contribution in [-0.2, 0) is 0 Å². The Kier molecular flexibility index (Phi) is 6.15. The summed E-state index contributed by atoms with van der Waals surface area (Å²) in [5.74, 6) is 0. The van der Waals surface area contributed by atoms with Gasteiger partial charge in [-0.3, -0.25) is 0 Å². The quantitative estimate of drug-likeness (QED) is 0.652. The first kappa shape index (κ1) is 15.2. The van der Waals surface area contributed by atoms with Crippen molar-refractivity contribution >= 4 is 11.8 Å². The maximum atomic E-state index is 4.09. The fraction of sp³-hybridized carbons (Fsp3) is 1.00. The molecule has 0 aromatic carbocycles. The molecule has 0 radical (unpaired) electrons. The molecular weight excluding hydrogens is 262 g/mol. The summed E-state index contributed by atoms with van der Waals surface area (Å²) in [6.07, 6.45) is 20.6. The Morgan fingerprint density at radius 3 is 1.60 bits per heavy atom. The fourth-order valence-corrected chi connectivity index (χ4v) is 6.33. The summed E-state index contributed by atoms with van der Waals surface area (Å²) in [7, 11) is 0. The van der Waals surface area contributed by atoms with Crippen LogP contribution < -0.4 is 5.32 Å². The van der Waals surface area contributed by atoms with Gasteiger partial charge in [-0.1, -0.05) is 51.4 Å². The zero-order valence-corrected chi connectivity index (χ0v) is 13.9. The van der Waals surface area contributed by atoms with Crippen LogP contribution in [0.25, 0.3) is 0 Å². The molecule has 0 aromatic heterocycles. The standard InChI is InChI=1S/C18H33NS/c1-2-5-9-15-13-17(11-7-3-1)20-18-12-8-4-6-10-16(14-18)19-15/h15-19H,1-14H2. The molecule has 1 aliphatic heterocycles. The third-order valence-electron chi connectivity index (χ3n) is 5.61. The Hall–Kier alpha value is 0.310. The van der Waals surface area contributed by atoms with Gasteiger partial charge in [0.15, 0.2) is 0 Å². The second kappa shape index (κ2) is 8.08. The van der Waals surface area contributed by atoms with Crippen LogP contribution in [0.5, 0.6) is 0 Å². The molecule has 1 saturated heterocycles. The van der Waals surface area contributed by atoms with Crippen molar-refractivity contribution in [2.45, 2.75) is 112 Å². The Bertz CT molecular complexity index is 253. The maximum absolute atomic E-state index is 4.09. The van der Waals surface area contributed by atoms with Crippen molar-refractivity contribution < 1.29 is 0 Å². The number of fused-ring (bicyclic) bond motifs is 4. The first-order valence-corrected chi connectivity index (χ1v) is 10.3. The summed E-state index contributed by atoms with van der Waals surface area (Å²) in [5, 5.41) is 6.00. The average Bonchev–Trinajstić information content (AvgIpc) is 2.39. The molecule has 1 nitrogen and oxygen atoms in total. The normalized spacial score (nSPS) is 40.8. The van der Waals surface area contributed by atoms with E-state index in [0.29, 0.717) is 0 Å². The lowest BCUT2D eigenvalue weighted by atomic mass is 9.92. The number of hydrogen-bond donors (Lipinski definition) is 1. The molecule has 116 valence electrons. The molecule has 3 aliphatic rings. The lowest BCUT2D eigenvalue weighted by Crippen LogP contribution is -2.44. The molecule has 20 heavy (non-hydrogen) atoms. The van der Waals surface area contributed by atoms with Gasteiger partial charge >= 0.3 is 0 Å². The number of hydrogen-bond acceptors (Lipinski definition) is 2. The van der Waals surface area contributed by atoms with Crippen molar-refractivity contribution in [1.82, 2.24) is 5.32 Å². The molecule has 2 aliphatic carbocycles. The van der Waals surface area contributed by atoms with Gasteiger partial charge in [-0.15, -0.1) is 0 Å². The first-order chi connectivity index (χ1) is 9.90. The van der Waals surface area contributed by atoms with Crippen LogP contribution in [0.3, 0.4) is 0 Å². The van der Waals surface area contributed by atoms with Crippen molar-refractivity contribution in [3.63, 3.8) is 0 Å². The molecule has 1 N–H and O–H groups in total. The highest BCUT2D eigenvalue weighted by atomic mass is 32.2. The van der Waals surface area contributed by atoms with Gasteiger partial charge in [-0.25, -0.2) is 0 Å². The van der Waals surface area contributed by atoms with Crippen molar-refractivity contribution in [1.29, 1.82) is 0 Å². The molecule has 3 rings (SSSR count). The number of nitrogens with one attached hydrogen (secondary N) is 1. The van der Waals surface area contributed by atoms with Crippen LogP contribution in [0.2, 0.25) is 0 Å². The second-order valence-electron chi connectivity index (χ2n) is 7.40. The van der Waals surface area contributed by atoms with E-state index < -0.39 is 0 Å². The molecule has 4 atom stereocenters. The molecular formula is C18H33NS. The SMILES string of the molecule is C1CCCC2CC(CCC1)SC1CCCCCC(C1)N2. The fourth-order valence-electron chi connectivity index (χ4n) is 4.49. The summed E-state index contributed by atoms with van der Waals surface area (Å²) < 4.78 is 0. The minimum atomic E-state index is 0.830. The van der Waals surface area contributed by atoms with E-state index in [1.165, 1.54) is 89.9 Å². The molecule has 4 unspecified atom stereocenters. The number of rotatable bonds is 0. The predicted octanol–water partition coefficient (Wildman–Crippen LogP) is 5.29. The second-order valence-corrected chi connectivity index (χ2v) is 9.00. The van der Waals surface area contributed by atoms with E-state index in [1.54, 1.807) is 0 Å². The van der Waals surface area contributed by atoms with Gasteiger partial charge in [-0.2, -0.15) is 11.8 Å². The van der Waals surface area contributed by atoms with Crippen LogP contribution >= 0.6 is 11.8 Å². The molecule has 0 aromatic rings. The zero-order chi connectivity index (χ0) is 13.6. The topological polar surface area (TPSA) is 12.0 Å². The van der Waals surface area contributed by atoms with Crippen LogP contribution in [-0.4, -0.2) is 22.6 Å². The molecule has 3 fully saturated rings. The largest absolute Gasteiger partial charge is 0.311 e. The lowest BCUT2D eigenvalue weighted by Gasteiger charge is -2.37. The van der Waals surface area contributed by atoms with Gasteiger partial charge < -0.3 is 5.32 Å². The van der Waals surface area contributed by atoms with Crippen LogP contribution in [0.4, 0.5) is 0 Å². The summed E-state index contributed by atoms with van der Waals surface area (Å²) in [6.45, 7) is 0. The summed E-state index contributed by atoms with van der Waals surface area (Å²) in [6, 6.07) is 1.66. The van der Waals surface area contributed by atoms with Gasteiger partial charge in [-0.05, 0) is 38.5 Å². The van der Waals surface area contributed by atoms with Gasteiger partial charge in [0, 0.05) is 22.6 Å². The van der Waals surface area contributed by atoms with Crippen molar-refractivity contribution in [2.75, 3.05) is 0 Å². The van der Waals surface area contributed by atoms with Crippen molar-refractivity contribution in [3.8, 4) is 0 Å². The van der Waals surface area contributed by atoms with E-state index >= 15 is 0 Å². The average molecular weight is 296 g/mol. The van der Waals surface area contributed by atoms with Gasteiger partial charge in [0.1, 0.15) is 0 Å². The van der Waals surface area contributed by atoms with Crippen LogP contribution in [0.15, 0.2) is 0 Å². The van der Waals surface area contributed by atoms with E-state index in [9.17, 15) is 0 Å². The molecule has 2 saturated carbocycles. The highest BCUT2D eigenvalue weighted by molar-refractivity contribution is 8.00. The maximum Gasteiger partial charge on any atom is 0.00802 e. The van der Waals surface area contributed by atoms with Gasteiger partial charge in [0.2, 0.25) is 0 Å². The van der Waals surface area contributed by atoms with E-state index in [1.807, 2.05) is 0 Å². The zero-order valence-electron chi connectivity index (χ0n) is 13.1. The first-order valence-electron chi connectivity index (χ1n) is 9.31. The summed E-state index contributed by atoms with van der Waals surface area (Å²) >= 11 is 2.40. The Balaban J connectivity index is 1.66. The van der Waals surface area contributed by atoms with E-state index in [4.69, 9.17) is 0 Å². The Morgan fingerprint density at radius 2 is 1.00 bits per heavy atom. The lowest BCUT2D eigenvalue weighted by molar-refractivity contribution is 0.313. The smallest absolute Gasteiger partial charge is 0.00802 e. The molecule has 2 heteroatoms. The van der Waals surface area contributed by atoms with E-state index in [0.717, 1.165) is 22.6 Å².